The fraction of sp³-hybridized carbons (Fsp3) is 0.261. The number of nitrogens with one attached hydrogen (secondary N) is 3. The molecule has 0 aliphatic carbocycles. The third-order valence-corrected chi connectivity index (χ3v) is 4.05. The summed E-state index contributed by atoms with van der Waals surface area (Å²) in [7, 11) is 0. The standard InChI is InChI=1S/C23H26ClN3O4/c1-23(2,3)31-22(30)26-15-21(29)27-19-10-5-4-8-17(19)14-25-20(28)12-11-16-7-6-9-18(24)13-16/h4-13H,14-15H2,1-3H3,(H,25,28)(H,26,30)(H,27,29)/b12-11+. The molecule has 0 bridgehead atoms. The quantitative estimate of drug-likeness (QED) is 0.560. The van der Waals surface area contributed by atoms with Crippen LogP contribution in [0.5, 0.6) is 0 Å². The lowest BCUT2D eigenvalue weighted by Crippen LogP contribution is -2.37. The average molecular weight is 444 g/mol. The fourth-order valence-corrected chi connectivity index (χ4v) is 2.68. The Morgan fingerprint density at radius 3 is 2.48 bits per heavy atom. The zero-order chi connectivity index (χ0) is 22.9. The molecule has 8 heteroatoms. The maximum atomic E-state index is 12.2. The van der Waals surface area contributed by atoms with E-state index in [-0.39, 0.29) is 19.0 Å². The van der Waals surface area contributed by atoms with Gasteiger partial charge >= 0.3 is 6.09 Å². The van der Waals surface area contributed by atoms with Gasteiger partial charge in [0.05, 0.1) is 0 Å². The number of hydrogen-bond donors (Lipinski definition) is 3. The van der Waals surface area contributed by atoms with Gasteiger partial charge in [-0.25, -0.2) is 4.79 Å². The van der Waals surface area contributed by atoms with Crippen molar-refractivity contribution in [1.82, 2.24) is 10.6 Å². The highest BCUT2D eigenvalue weighted by Crippen LogP contribution is 2.15. The summed E-state index contributed by atoms with van der Waals surface area (Å²) >= 11 is 5.93. The smallest absolute Gasteiger partial charge is 0.408 e. The predicted octanol–water partition coefficient (Wildman–Crippen LogP) is 4.13. The van der Waals surface area contributed by atoms with Crippen LogP contribution >= 0.6 is 11.6 Å². The van der Waals surface area contributed by atoms with Gasteiger partial charge in [-0.2, -0.15) is 0 Å². The molecule has 0 aliphatic rings. The van der Waals surface area contributed by atoms with E-state index in [1.165, 1.54) is 6.08 Å². The summed E-state index contributed by atoms with van der Waals surface area (Å²) in [5.41, 5.74) is 1.43. The highest BCUT2D eigenvalue weighted by Gasteiger charge is 2.17. The van der Waals surface area contributed by atoms with E-state index < -0.39 is 17.6 Å². The molecule has 0 fully saturated rings. The van der Waals surface area contributed by atoms with Crippen LogP contribution in [0.3, 0.4) is 0 Å². The van der Waals surface area contributed by atoms with E-state index in [0.717, 1.165) is 11.1 Å². The number of ether oxygens (including phenoxy) is 1. The Bertz CT molecular complexity index is 967. The normalized spacial score (nSPS) is 11.1. The molecule has 0 heterocycles. The number of carbonyl (C=O) groups excluding carboxylic acids is 3. The van der Waals surface area contributed by atoms with Crippen LogP contribution in [0.25, 0.3) is 6.08 Å². The minimum absolute atomic E-state index is 0.217. The van der Waals surface area contributed by atoms with Crippen molar-refractivity contribution in [1.29, 1.82) is 0 Å². The van der Waals surface area contributed by atoms with Crippen molar-refractivity contribution < 1.29 is 19.1 Å². The molecule has 0 aliphatic heterocycles. The first-order chi connectivity index (χ1) is 14.6. The van der Waals surface area contributed by atoms with E-state index in [1.807, 2.05) is 6.07 Å². The molecule has 0 atom stereocenters. The Kier molecular flexibility index (Phi) is 8.63. The lowest BCUT2D eigenvalue weighted by molar-refractivity contribution is -0.116. The van der Waals surface area contributed by atoms with Gasteiger partial charge in [0.15, 0.2) is 0 Å². The van der Waals surface area contributed by atoms with Gasteiger partial charge < -0.3 is 20.7 Å². The summed E-state index contributed by atoms with van der Waals surface area (Å²) in [5.74, 6) is -0.696. The lowest BCUT2D eigenvalue weighted by Gasteiger charge is -2.19. The first kappa shape index (κ1) is 24.0. The molecule has 164 valence electrons. The van der Waals surface area contributed by atoms with Gasteiger partial charge in [0.25, 0.3) is 0 Å². The summed E-state index contributed by atoms with van der Waals surface area (Å²) in [6, 6.07) is 14.2. The first-order valence-electron chi connectivity index (χ1n) is 9.68. The monoisotopic (exact) mass is 443 g/mol. The van der Waals surface area contributed by atoms with Crippen LogP contribution < -0.4 is 16.0 Å². The van der Waals surface area contributed by atoms with E-state index in [9.17, 15) is 14.4 Å². The predicted molar refractivity (Wildman–Crippen MR) is 122 cm³/mol. The van der Waals surface area contributed by atoms with Gasteiger partial charge in [0.1, 0.15) is 12.1 Å². The SMILES string of the molecule is CC(C)(C)OC(=O)NCC(=O)Nc1ccccc1CNC(=O)/C=C/c1cccc(Cl)c1. The van der Waals surface area contributed by atoms with Crippen molar-refractivity contribution in [2.24, 2.45) is 0 Å². The van der Waals surface area contributed by atoms with Crippen LogP contribution in [0.2, 0.25) is 5.02 Å². The maximum absolute atomic E-state index is 12.2. The van der Waals surface area contributed by atoms with E-state index in [2.05, 4.69) is 16.0 Å². The van der Waals surface area contributed by atoms with Crippen LogP contribution in [-0.4, -0.2) is 30.1 Å². The van der Waals surface area contributed by atoms with E-state index >= 15 is 0 Å². The number of amides is 3. The largest absolute Gasteiger partial charge is 0.444 e. The number of hydrogen-bond acceptors (Lipinski definition) is 4. The van der Waals surface area contributed by atoms with Gasteiger partial charge in [0, 0.05) is 23.3 Å². The second-order valence-corrected chi connectivity index (χ2v) is 8.10. The van der Waals surface area contributed by atoms with Crippen molar-refractivity contribution in [3.8, 4) is 0 Å². The third kappa shape index (κ3) is 9.35. The summed E-state index contributed by atoms with van der Waals surface area (Å²) in [5, 5.41) is 8.49. The number of para-hydroxylation sites is 1. The van der Waals surface area contributed by atoms with Crippen molar-refractivity contribution in [2.75, 3.05) is 11.9 Å². The van der Waals surface area contributed by atoms with Crippen molar-refractivity contribution in [3.05, 3.63) is 70.8 Å². The molecule has 3 amide bonds. The molecule has 0 spiro atoms. The molecular weight excluding hydrogens is 418 g/mol. The zero-order valence-electron chi connectivity index (χ0n) is 17.7. The zero-order valence-corrected chi connectivity index (χ0v) is 18.5. The summed E-state index contributed by atoms with van der Waals surface area (Å²) in [4.78, 5) is 36.0. The Balaban J connectivity index is 1.87. The van der Waals surface area contributed by atoms with E-state index in [0.29, 0.717) is 10.7 Å². The number of halogens is 1. The molecule has 2 rings (SSSR count). The van der Waals surface area contributed by atoms with Crippen molar-refractivity contribution >= 4 is 41.3 Å². The topological polar surface area (TPSA) is 96.5 Å². The molecule has 0 saturated heterocycles. The Morgan fingerprint density at radius 1 is 1.03 bits per heavy atom. The number of carbonyl (C=O) groups is 3. The van der Waals surface area contributed by atoms with Gasteiger partial charge in [-0.05, 0) is 56.2 Å². The number of rotatable bonds is 7. The highest BCUT2D eigenvalue weighted by atomic mass is 35.5. The Morgan fingerprint density at radius 2 is 1.77 bits per heavy atom. The Hall–Kier alpha value is -3.32. The van der Waals surface area contributed by atoms with Crippen LogP contribution in [-0.2, 0) is 20.9 Å². The second-order valence-electron chi connectivity index (χ2n) is 7.67. The molecule has 0 aromatic heterocycles. The molecule has 2 aromatic carbocycles. The van der Waals surface area contributed by atoms with Crippen molar-refractivity contribution in [2.45, 2.75) is 32.9 Å². The van der Waals surface area contributed by atoms with Gasteiger partial charge in [0.2, 0.25) is 11.8 Å². The van der Waals surface area contributed by atoms with Gasteiger partial charge in [-0.3, -0.25) is 9.59 Å². The number of alkyl carbamates (subject to hydrolysis) is 1. The van der Waals surface area contributed by atoms with Crippen LogP contribution in [0.4, 0.5) is 10.5 Å². The molecule has 31 heavy (non-hydrogen) atoms. The molecule has 3 N–H and O–H groups in total. The Labute approximate surface area is 186 Å². The number of benzene rings is 2. The van der Waals surface area contributed by atoms with Gasteiger partial charge in [-0.1, -0.05) is 41.9 Å². The molecule has 0 unspecified atom stereocenters. The summed E-state index contributed by atoms with van der Waals surface area (Å²) in [6.07, 6.45) is 2.41. The van der Waals surface area contributed by atoms with Crippen LogP contribution in [0.15, 0.2) is 54.6 Å². The summed E-state index contributed by atoms with van der Waals surface area (Å²) < 4.78 is 5.10. The molecule has 0 radical (unpaired) electrons. The molecule has 0 saturated carbocycles. The molecular formula is C23H26ClN3O4. The van der Waals surface area contributed by atoms with Crippen LogP contribution in [0, 0.1) is 0 Å². The fourth-order valence-electron chi connectivity index (χ4n) is 2.48. The van der Waals surface area contributed by atoms with Crippen LogP contribution in [0.1, 0.15) is 31.9 Å². The molecule has 2 aromatic rings. The van der Waals surface area contributed by atoms with Gasteiger partial charge in [-0.15, -0.1) is 0 Å². The van der Waals surface area contributed by atoms with E-state index in [1.54, 1.807) is 69.3 Å². The molecule has 7 nitrogen and oxygen atoms in total. The first-order valence-corrected chi connectivity index (χ1v) is 10.1. The third-order valence-electron chi connectivity index (χ3n) is 3.81. The second kappa shape index (κ2) is 11.2. The average Bonchev–Trinajstić information content (AvgIpc) is 2.69. The lowest BCUT2D eigenvalue weighted by atomic mass is 10.1. The van der Waals surface area contributed by atoms with Crippen molar-refractivity contribution in [3.63, 3.8) is 0 Å². The maximum Gasteiger partial charge on any atom is 0.408 e. The minimum Gasteiger partial charge on any atom is -0.444 e. The minimum atomic E-state index is -0.672. The highest BCUT2D eigenvalue weighted by molar-refractivity contribution is 6.30. The summed E-state index contributed by atoms with van der Waals surface area (Å²) in [6.45, 7) is 5.19. The number of anilines is 1. The van der Waals surface area contributed by atoms with E-state index in [4.69, 9.17) is 16.3 Å².